The van der Waals surface area contributed by atoms with Gasteiger partial charge >= 0.3 is 6.03 Å². The maximum absolute atomic E-state index is 11.6. The molecular weight excluding hydrogens is 261 g/mol. The predicted octanol–water partition coefficient (Wildman–Crippen LogP) is 0.610. The quantitative estimate of drug-likeness (QED) is 0.591. The minimum atomic E-state index is -3.36. The lowest BCUT2D eigenvalue weighted by atomic mass is 10.1. The topological polar surface area (TPSA) is 104 Å². The lowest BCUT2D eigenvalue weighted by Crippen LogP contribution is -2.39. The number of rotatable bonds is 2. The first kappa shape index (κ1) is 13.8. The third kappa shape index (κ3) is 4.62. The molecule has 0 aromatic heterocycles. The summed E-state index contributed by atoms with van der Waals surface area (Å²) in [6, 6.07) is 5.87. The third-order valence-electron chi connectivity index (χ3n) is 1.88. The summed E-state index contributed by atoms with van der Waals surface area (Å²) in [6.45, 7) is -1.62. The van der Waals surface area contributed by atoms with E-state index in [4.69, 9.17) is 10.4 Å². The fourth-order valence-electron chi connectivity index (χ4n) is 1.17. The summed E-state index contributed by atoms with van der Waals surface area (Å²) in [5.41, 5.74) is 6.18. The van der Waals surface area contributed by atoms with Crippen molar-refractivity contribution in [2.24, 2.45) is 5.50 Å². The van der Waals surface area contributed by atoms with E-state index in [0.29, 0.717) is 5.56 Å². The Morgan fingerprint density at radius 3 is 2.53 bits per heavy atom. The average molecular weight is 273 g/mol. The van der Waals surface area contributed by atoms with Gasteiger partial charge in [-0.2, -0.15) is 0 Å². The zero-order valence-corrected chi connectivity index (χ0v) is 10.7. The summed E-state index contributed by atoms with van der Waals surface area (Å²) in [5.74, 6) is -0.580. The number of hydrogen-bond donors (Lipinski definition) is 4. The molecule has 3 amide bonds. The number of nitrogens with two attached hydrogens (primary N) is 1. The van der Waals surface area contributed by atoms with E-state index in [0.717, 1.165) is 5.56 Å². The number of nitrogens with one attached hydrogen (secondary N) is 2. The molecule has 8 heteroatoms. The van der Waals surface area contributed by atoms with E-state index in [9.17, 15) is 9.59 Å². The minimum Gasteiger partial charge on any atom is -0.339 e. The molecule has 0 saturated carbocycles. The average Bonchev–Trinajstić information content (AvgIpc) is 2.14. The highest BCUT2D eigenvalue weighted by atomic mass is 32.4. The van der Waals surface area contributed by atoms with Gasteiger partial charge in [0.05, 0.1) is 0 Å². The number of carbonyl (C=O) groups excluding carboxylic acids is 2. The number of amides is 3. The van der Waals surface area contributed by atoms with Crippen LogP contribution in [0.1, 0.15) is 15.9 Å². The van der Waals surface area contributed by atoms with Crippen molar-refractivity contribution in [3.63, 3.8) is 0 Å². The van der Waals surface area contributed by atoms with Gasteiger partial charge < -0.3 is 4.89 Å². The molecular formula is C9H12N3O3PS. The fraction of sp³-hybridized carbons (Fsp3) is 0.111. The summed E-state index contributed by atoms with van der Waals surface area (Å²) >= 11 is 4.42. The van der Waals surface area contributed by atoms with Crippen molar-refractivity contribution in [3.05, 3.63) is 35.4 Å². The summed E-state index contributed by atoms with van der Waals surface area (Å²) in [5, 5.41) is 3.95. The number of hydrogen-bond acceptors (Lipinski definition) is 3. The van der Waals surface area contributed by atoms with Crippen LogP contribution in [-0.4, -0.2) is 16.8 Å². The van der Waals surface area contributed by atoms with Crippen LogP contribution in [0.4, 0.5) is 4.79 Å². The van der Waals surface area contributed by atoms with Crippen LogP contribution in [0, 0.1) is 6.92 Å². The molecule has 0 heterocycles. The molecule has 1 atom stereocenters. The van der Waals surface area contributed by atoms with Crippen LogP contribution >= 0.6 is 6.57 Å². The minimum absolute atomic E-state index is 0.367. The Labute approximate surface area is 103 Å². The van der Waals surface area contributed by atoms with Gasteiger partial charge in [0.2, 0.25) is 6.57 Å². The molecule has 1 rings (SSSR count). The van der Waals surface area contributed by atoms with E-state index < -0.39 is 18.5 Å². The molecule has 6 nitrogen and oxygen atoms in total. The molecule has 1 unspecified atom stereocenters. The van der Waals surface area contributed by atoms with Gasteiger partial charge in [0.15, 0.2) is 0 Å². The normalized spacial score (nSPS) is 13.6. The Balaban J connectivity index is 2.71. The zero-order chi connectivity index (χ0) is 13.1. The largest absolute Gasteiger partial charge is 0.339 e. The Kier molecular flexibility index (Phi) is 4.36. The Morgan fingerprint density at radius 1 is 1.41 bits per heavy atom. The maximum Gasteiger partial charge on any atom is 0.328 e. The molecule has 0 aliphatic carbocycles. The Hall–Kier alpha value is -1.27. The molecule has 0 radical (unpaired) electrons. The van der Waals surface area contributed by atoms with Crippen molar-refractivity contribution in [2.45, 2.75) is 6.92 Å². The molecule has 5 N–H and O–H groups in total. The monoisotopic (exact) mass is 273 g/mol. The molecule has 0 bridgehead atoms. The standard InChI is InChI=1S/C9H12N3O3PS/c1-6-4-2-3-5-7(6)8(13)11-9(14)12-16(10,15)17/h2-5H,1H3,(H5,10,11,12,13,14,15,17). The lowest BCUT2D eigenvalue weighted by molar-refractivity contribution is 0.0965. The number of benzene rings is 1. The fourth-order valence-corrected chi connectivity index (χ4v) is 1.77. The zero-order valence-electron chi connectivity index (χ0n) is 9.01. The van der Waals surface area contributed by atoms with E-state index in [1.807, 2.05) is 10.4 Å². The summed E-state index contributed by atoms with van der Waals surface area (Å²) < 4.78 is 0. The van der Waals surface area contributed by atoms with Crippen LogP contribution in [0.5, 0.6) is 0 Å². The van der Waals surface area contributed by atoms with Gasteiger partial charge in [-0.3, -0.25) is 20.7 Å². The summed E-state index contributed by atoms with van der Waals surface area (Å²) in [6.07, 6.45) is 0. The number of urea groups is 1. The smallest absolute Gasteiger partial charge is 0.328 e. The number of carbonyl (C=O) groups is 2. The van der Waals surface area contributed by atoms with Gasteiger partial charge in [0.1, 0.15) is 0 Å². The van der Waals surface area contributed by atoms with Crippen LogP contribution in [0.25, 0.3) is 0 Å². The highest BCUT2D eigenvalue weighted by Crippen LogP contribution is 2.22. The molecule has 0 saturated heterocycles. The molecule has 0 aliphatic heterocycles. The van der Waals surface area contributed by atoms with E-state index in [2.05, 4.69) is 11.8 Å². The van der Waals surface area contributed by atoms with Crippen LogP contribution in [0.2, 0.25) is 0 Å². The van der Waals surface area contributed by atoms with E-state index in [1.165, 1.54) is 0 Å². The first-order chi connectivity index (χ1) is 7.79. The first-order valence-electron chi connectivity index (χ1n) is 4.60. The molecule has 17 heavy (non-hydrogen) atoms. The SMILES string of the molecule is Cc1ccccc1C(=O)NC(=O)NP(N)(O)=S. The lowest BCUT2D eigenvalue weighted by Gasteiger charge is -2.11. The van der Waals surface area contributed by atoms with Gasteiger partial charge in [-0.15, -0.1) is 0 Å². The second kappa shape index (κ2) is 5.37. The highest BCUT2D eigenvalue weighted by Gasteiger charge is 2.15. The summed E-state index contributed by atoms with van der Waals surface area (Å²) in [4.78, 5) is 31.9. The Bertz CT molecular complexity index is 500. The van der Waals surface area contributed by atoms with Crippen molar-refractivity contribution < 1.29 is 14.5 Å². The third-order valence-corrected chi connectivity index (χ3v) is 2.68. The van der Waals surface area contributed by atoms with Crippen LogP contribution in [0.15, 0.2) is 24.3 Å². The highest BCUT2D eigenvalue weighted by molar-refractivity contribution is 8.09. The van der Waals surface area contributed by atoms with Crippen molar-refractivity contribution >= 4 is 30.3 Å². The second-order valence-electron chi connectivity index (χ2n) is 3.33. The molecule has 92 valence electrons. The van der Waals surface area contributed by atoms with Gasteiger partial charge in [-0.25, -0.2) is 4.79 Å². The molecule has 1 aromatic carbocycles. The second-order valence-corrected chi connectivity index (χ2v) is 6.47. The van der Waals surface area contributed by atoms with E-state index in [1.54, 1.807) is 31.2 Å². The molecule has 0 spiro atoms. The van der Waals surface area contributed by atoms with Gasteiger partial charge in [-0.05, 0) is 30.4 Å². The van der Waals surface area contributed by atoms with E-state index in [-0.39, 0.29) is 0 Å². The number of imide groups is 1. The maximum atomic E-state index is 11.6. The van der Waals surface area contributed by atoms with Crippen molar-refractivity contribution in [1.29, 1.82) is 0 Å². The Morgan fingerprint density at radius 2 is 2.00 bits per heavy atom. The van der Waals surface area contributed by atoms with Gasteiger partial charge in [0, 0.05) is 5.56 Å². The van der Waals surface area contributed by atoms with Crippen molar-refractivity contribution in [1.82, 2.24) is 10.4 Å². The first-order valence-corrected chi connectivity index (χ1v) is 7.42. The van der Waals surface area contributed by atoms with Crippen molar-refractivity contribution in [3.8, 4) is 0 Å². The van der Waals surface area contributed by atoms with Gasteiger partial charge in [-0.1, -0.05) is 18.2 Å². The number of aryl methyl sites for hydroxylation is 1. The molecule has 0 fully saturated rings. The molecule has 0 aliphatic rings. The van der Waals surface area contributed by atoms with Crippen LogP contribution in [0.3, 0.4) is 0 Å². The van der Waals surface area contributed by atoms with Crippen LogP contribution in [-0.2, 0) is 11.8 Å². The van der Waals surface area contributed by atoms with Crippen molar-refractivity contribution in [2.75, 3.05) is 0 Å². The molecule has 1 aromatic rings. The van der Waals surface area contributed by atoms with E-state index >= 15 is 0 Å². The summed E-state index contributed by atoms with van der Waals surface area (Å²) in [7, 11) is 0. The predicted molar refractivity (Wildman–Crippen MR) is 67.9 cm³/mol. The van der Waals surface area contributed by atoms with Gasteiger partial charge in [0.25, 0.3) is 5.91 Å². The van der Waals surface area contributed by atoms with Crippen LogP contribution < -0.4 is 15.9 Å².